The van der Waals surface area contributed by atoms with Gasteiger partial charge >= 0.3 is 12.1 Å². The predicted molar refractivity (Wildman–Crippen MR) is 132 cm³/mol. The van der Waals surface area contributed by atoms with Crippen molar-refractivity contribution in [2.45, 2.75) is 44.7 Å². The summed E-state index contributed by atoms with van der Waals surface area (Å²) in [5, 5.41) is 16.6. The van der Waals surface area contributed by atoms with Crippen LogP contribution in [0.25, 0.3) is 11.1 Å². The lowest BCUT2D eigenvalue weighted by molar-refractivity contribution is -0.137. The first kappa shape index (κ1) is 24.4. The Morgan fingerprint density at radius 1 is 1.09 bits per heavy atom. The van der Waals surface area contributed by atoms with Gasteiger partial charge in [0, 0.05) is 17.3 Å². The summed E-state index contributed by atoms with van der Waals surface area (Å²) in [6, 6.07) is 15.8. The van der Waals surface area contributed by atoms with Gasteiger partial charge in [-0.05, 0) is 28.7 Å². The maximum atomic E-state index is 12.4. The van der Waals surface area contributed by atoms with Crippen LogP contribution in [0, 0.1) is 0 Å². The molecule has 0 radical (unpaired) electrons. The van der Waals surface area contributed by atoms with E-state index in [0.717, 1.165) is 28.7 Å². The number of nitrogens with one attached hydrogen (secondary N) is 2. The number of alkyl carbamates (subject to hydrolysis) is 1. The minimum absolute atomic E-state index is 0.0230. The van der Waals surface area contributed by atoms with Gasteiger partial charge in [0.05, 0.1) is 13.0 Å². The molecule has 1 aromatic heterocycles. The lowest BCUT2D eigenvalue weighted by Crippen LogP contribution is -2.36. The number of fused-ring (bicyclic) bond motifs is 3. The number of benzene rings is 2. The van der Waals surface area contributed by atoms with Gasteiger partial charge in [-0.25, -0.2) is 9.78 Å². The number of aliphatic carboxylic acids is 1. The highest BCUT2D eigenvalue weighted by molar-refractivity contribution is 7.09. The molecule has 182 valence electrons. The molecule has 9 heteroatoms. The SMILES string of the molecule is CCC[C@H](CC(=O)O)NC(=O)c1csc(CNC(=O)OCC2c3ccccc3-c3ccccc32)n1. The van der Waals surface area contributed by atoms with Crippen molar-refractivity contribution in [3.05, 3.63) is 75.7 Å². The van der Waals surface area contributed by atoms with Gasteiger partial charge in [-0.2, -0.15) is 0 Å². The highest BCUT2D eigenvalue weighted by Crippen LogP contribution is 2.44. The molecule has 1 heterocycles. The van der Waals surface area contributed by atoms with E-state index in [1.807, 2.05) is 31.2 Å². The number of carboxylic acids is 1. The van der Waals surface area contributed by atoms with Gasteiger partial charge in [-0.15, -0.1) is 11.3 Å². The van der Waals surface area contributed by atoms with Gasteiger partial charge in [0.15, 0.2) is 0 Å². The molecule has 3 N–H and O–H groups in total. The molecule has 8 nitrogen and oxygen atoms in total. The van der Waals surface area contributed by atoms with Gasteiger partial charge < -0.3 is 20.5 Å². The predicted octanol–water partition coefficient (Wildman–Crippen LogP) is 4.56. The van der Waals surface area contributed by atoms with Crippen molar-refractivity contribution in [1.29, 1.82) is 0 Å². The molecule has 0 spiro atoms. The van der Waals surface area contributed by atoms with Crippen molar-refractivity contribution in [1.82, 2.24) is 15.6 Å². The van der Waals surface area contributed by atoms with Crippen LogP contribution in [0.4, 0.5) is 4.79 Å². The van der Waals surface area contributed by atoms with E-state index in [2.05, 4.69) is 39.9 Å². The minimum Gasteiger partial charge on any atom is -0.481 e. The lowest BCUT2D eigenvalue weighted by Gasteiger charge is -2.15. The molecule has 4 rings (SSSR count). The lowest BCUT2D eigenvalue weighted by atomic mass is 9.98. The van der Waals surface area contributed by atoms with E-state index >= 15 is 0 Å². The van der Waals surface area contributed by atoms with E-state index in [1.54, 1.807) is 5.38 Å². The molecule has 0 aliphatic heterocycles. The molecule has 0 bridgehead atoms. The smallest absolute Gasteiger partial charge is 0.407 e. The summed E-state index contributed by atoms with van der Waals surface area (Å²) in [4.78, 5) is 40.1. The van der Waals surface area contributed by atoms with Gasteiger partial charge in [0.25, 0.3) is 5.91 Å². The van der Waals surface area contributed by atoms with Crippen LogP contribution in [-0.4, -0.2) is 40.7 Å². The molecule has 0 unspecified atom stereocenters. The molecular weight excluding hydrogens is 466 g/mol. The number of rotatable bonds is 10. The average molecular weight is 494 g/mol. The molecule has 1 aliphatic carbocycles. The van der Waals surface area contributed by atoms with Crippen molar-refractivity contribution in [3.8, 4) is 11.1 Å². The number of carbonyl (C=O) groups excluding carboxylic acids is 2. The highest BCUT2D eigenvalue weighted by Gasteiger charge is 2.29. The fourth-order valence-electron chi connectivity index (χ4n) is 4.34. The van der Waals surface area contributed by atoms with Crippen LogP contribution in [0.2, 0.25) is 0 Å². The fourth-order valence-corrected chi connectivity index (χ4v) is 5.05. The third-order valence-electron chi connectivity index (χ3n) is 5.91. The number of hydrogen-bond donors (Lipinski definition) is 3. The molecule has 1 atom stereocenters. The number of carbonyl (C=O) groups is 3. The summed E-state index contributed by atoms with van der Waals surface area (Å²) in [6.07, 6.45) is 0.626. The second kappa shape index (κ2) is 11.1. The van der Waals surface area contributed by atoms with E-state index in [-0.39, 0.29) is 31.2 Å². The summed E-state index contributed by atoms with van der Waals surface area (Å²) < 4.78 is 5.52. The molecule has 2 aromatic carbocycles. The topological polar surface area (TPSA) is 118 Å². The van der Waals surface area contributed by atoms with Crippen LogP contribution < -0.4 is 10.6 Å². The minimum atomic E-state index is -0.963. The Bertz CT molecular complexity index is 1180. The van der Waals surface area contributed by atoms with Crippen LogP contribution in [0.5, 0.6) is 0 Å². The molecule has 1 aliphatic rings. The summed E-state index contributed by atoms with van der Waals surface area (Å²) in [5.74, 6) is -1.41. The number of amides is 2. The Hall–Kier alpha value is -3.72. The second-order valence-corrected chi connectivity index (χ2v) is 9.31. The normalized spacial score (nSPS) is 12.9. The van der Waals surface area contributed by atoms with Crippen molar-refractivity contribution >= 4 is 29.3 Å². The monoisotopic (exact) mass is 493 g/mol. The Morgan fingerprint density at radius 3 is 2.37 bits per heavy atom. The first-order valence-electron chi connectivity index (χ1n) is 11.5. The zero-order valence-electron chi connectivity index (χ0n) is 19.3. The van der Waals surface area contributed by atoms with E-state index in [0.29, 0.717) is 11.4 Å². The van der Waals surface area contributed by atoms with Gasteiger partial charge in [-0.1, -0.05) is 61.9 Å². The van der Waals surface area contributed by atoms with Crippen molar-refractivity contribution in [2.24, 2.45) is 0 Å². The molecule has 0 saturated heterocycles. The quantitative estimate of drug-likeness (QED) is 0.381. The Labute approximate surface area is 207 Å². The number of carboxylic acid groups (broad SMARTS) is 1. The van der Waals surface area contributed by atoms with Gasteiger partial charge in [0.1, 0.15) is 17.3 Å². The number of nitrogens with zero attached hydrogens (tertiary/aromatic N) is 1. The highest BCUT2D eigenvalue weighted by atomic mass is 32.1. The van der Waals surface area contributed by atoms with Crippen LogP contribution in [0.1, 0.15) is 58.7 Å². The number of ether oxygens (including phenoxy) is 1. The first-order chi connectivity index (χ1) is 17.0. The van der Waals surface area contributed by atoms with Crippen LogP contribution in [0.3, 0.4) is 0 Å². The number of hydrogen-bond acceptors (Lipinski definition) is 6. The zero-order chi connectivity index (χ0) is 24.8. The molecule has 35 heavy (non-hydrogen) atoms. The van der Waals surface area contributed by atoms with Crippen molar-refractivity contribution in [2.75, 3.05) is 6.61 Å². The van der Waals surface area contributed by atoms with E-state index in [4.69, 9.17) is 9.84 Å². The van der Waals surface area contributed by atoms with Crippen LogP contribution in [-0.2, 0) is 16.1 Å². The summed E-state index contributed by atoms with van der Waals surface area (Å²) in [6.45, 7) is 2.27. The number of aromatic nitrogens is 1. The number of thiazole rings is 1. The third kappa shape index (κ3) is 5.86. The Kier molecular flexibility index (Phi) is 7.77. The van der Waals surface area contributed by atoms with Crippen molar-refractivity contribution < 1.29 is 24.2 Å². The molecule has 3 aromatic rings. The van der Waals surface area contributed by atoms with Gasteiger partial charge in [-0.3, -0.25) is 9.59 Å². The Morgan fingerprint density at radius 2 is 1.74 bits per heavy atom. The van der Waals surface area contributed by atoms with E-state index < -0.39 is 24.0 Å². The maximum Gasteiger partial charge on any atom is 0.407 e. The summed E-state index contributed by atoms with van der Waals surface area (Å²) >= 11 is 1.24. The molecule has 0 fully saturated rings. The Balaban J connectivity index is 1.29. The first-order valence-corrected chi connectivity index (χ1v) is 12.4. The molecular formula is C26H27N3O5S. The summed E-state index contributed by atoms with van der Waals surface area (Å²) in [5.41, 5.74) is 4.80. The van der Waals surface area contributed by atoms with Gasteiger partial charge in [0.2, 0.25) is 0 Å². The third-order valence-corrected chi connectivity index (χ3v) is 6.75. The second-order valence-electron chi connectivity index (χ2n) is 8.36. The fraction of sp³-hybridized carbons (Fsp3) is 0.308. The van der Waals surface area contributed by atoms with E-state index in [9.17, 15) is 14.4 Å². The van der Waals surface area contributed by atoms with E-state index in [1.165, 1.54) is 11.3 Å². The molecule has 2 amide bonds. The summed E-state index contributed by atoms with van der Waals surface area (Å²) in [7, 11) is 0. The molecule has 0 saturated carbocycles. The van der Waals surface area contributed by atoms with Crippen molar-refractivity contribution in [3.63, 3.8) is 0 Å². The van der Waals surface area contributed by atoms with Crippen LogP contribution in [0.15, 0.2) is 53.9 Å². The maximum absolute atomic E-state index is 12.4. The largest absolute Gasteiger partial charge is 0.481 e. The average Bonchev–Trinajstić information content (AvgIpc) is 3.44. The standard InChI is InChI=1S/C26H27N3O5S/c1-2-7-16(12-24(30)31)28-25(32)22-15-35-23(29-22)13-27-26(33)34-14-21-19-10-5-3-8-17(19)18-9-4-6-11-20(18)21/h3-6,8-11,15-16,21H,2,7,12-14H2,1H3,(H,27,33)(H,28,32)(H,30,31)/t16-/m1/s1. The van der Waals surface area contributed by atoms with Crippen LogP contribution >= 0.6 is 11.3 Å². The zero-order valence-corrected chi connectivity index (χ0v) is 20.1.